The Balaban J connectivity index is 1.71. The van der Waals surface area contributed by atoms with Crippen molar-refractivity contribution in [2.45, 2.75) is 24.3 Å². The zero-order valence-electron chi connectivity index (χ0n) is 12.5. The molecule has 6 heteroatoms. The molecule has 2 aromatic rings. The van der Waals surface area contributed by atoms with Crippen molar-refractivity contribution in [1.29, 1.82) is 0 Å². The standard InChI is InChI=1S/C17H16F2N2S2/c1-10-2-4-12(9-14(10)19)20-17(22)21-15-6-7-23-16-5-3-11(18)8-13(15)16/h2-5,8-9,15H,6-7H2,1H3,(H2,20,21,22)/t15-/m1/s1. The lowest BCUT2D eigenvalue weighted by Gasteiger charge is -2.27. The van der Waals surface area contributed by atoms with E-state index in [1.807, 2.05) is 0 Å². The molecule has 0 radical (unpaired) electrons. The SMILES string of the molecule is Cc1ccc(NC(=S)N[C@@H]2CCSc3ccc(F)cc32)cc1F. The number of benzene rings is 2. The van der Waals surface area contributed by atoms with Gasteiger partial charge in [-0.25, -0.2) is 8.78 Å². The van der Waals surface area contributed by atoms with E-state index < -0.39 is 0 Å². The maximum atomic E-state index is 13.6. The summed E-state index contributed by atoms with van der Waals surface area (Å²) < 4.78 is 27.1. The second-order valence-electron chi connectivity index (χ2n) is 5.43. The lowest BCUT2D eigenvalue weighted by atomic mass is 10.0. The highest BCUT2D eigenvalue weighted by Gasteiger charge is 2.22. The van der Waals surface area contributed by atoms with Gasteiger partial charge in [-0.3, -0.25) is 0 Å². The number of thioether (sulfide) groups is 1. The van der Waals surface area contributed by atoms with Gasteiger partial charge < -0.3 is 10.6 Å². The van der Waals surface area contributed by atoms with Gasteiger partial charge in [-0.05, 0) is 67.0 Å². The molecule has 0 aliphatic carbocycles. The van der Waals surface area contributed by atoms with E-state index in [2.05, 4.69) is 10.6 Å². The molecular formula is C17H16F2N2S2. The van der Waals surface area contributed by atoms with Crippen LogP contribution in [-0.2, 0) is 0 Å². The Morgan fingerprint density at radius 2 is 2.04 bits per heavy atom. The van der Waals surface area contributed by atoms with Crippen molar-refractivity contribution in [3.8, 4) is 0 Å². The Hall–Kier alpha value is -1.66. The molecule has 1 aliphatic rings. The van der Waals surface area contributed by atoms with Crippen LogP contribution in [0, 0.1) is 18.6 Å². The largest absolute Gasteiger partial charge is 0.356 e. The number of thiocarbonyl (C=S) groups is 1. The predicted octanol–water partition coefficient (Wildman–Crippen LogP) is 4.80. The van der Waals surface area contributed by atoms with Gasteiger partial charge in [0.05, 0.1) is 6.04 Å². The molecule has 0 fully saturated rings. The van der Waals surface area contributed by atoms with Gasteiger partial charge in [0.1, 0.15) is 11.6 Å². The van der Waals surface area contributed by atoms with Crippen molar-refractivity contribution in [3.05, 3.63) is 59.2 Å². The van der Waals surface area contributed by atoms with Gasteiger partial charge in [0.2, 0.25) is 0 Å². The first-order valence-corrected chi connectivity index (χ1v) is 8.68. The second kappa shape index (κ2) is 6.84. The number of rotatable bonds is 2. The number of anilines is 1. The molecule has 0 amide bonds. The van der Waals surface area contributed by atoms with E-state index in [0.717, 1.165) is 22.6 Å². The minimum atomic E-state index is -0.278. The minimum Gasteiger partial charge on any atom is -0.356 e. The van der Waals surface area contributed by atoms with Crippen LogP contribution in [0.1, 0.15) is 23.6 Å². The van der Waals surface area contributed by atoms with Crippen molar-refractivity contribution in [3.63, 3.8) is 0 Å². The fourth-order valence-electron chi connectivity index (χ4n) is 2.51. The van der Waals surface area contributed by atoms with Crippen molar-refractivity contribution >= 4 is 34.8 Å². The van der Waals surface area contributed by atoms with Crippen LogP contribution in [0.4, 0.5) is 14.5 Å². The van der Waals surface area contributed by atoms with Crippen LogP contribution in [0.2, 0.25) is 0 Å². The van der Waals surface area contributed by atoms with E-state index >= 15 is 0 Å². The summed E-state index contributed by atoms with van der Waals surface area (Å²) in [6.45, 7) is 1.71. The van der Waals surface area contributed by atoms with Crippen LogP contribution in [0.5, 0.6) is 0 Å². The van der Waals surface area contributed by atoms with E-state index in [4.69, 9.17) is 12.2 Å². The molecule has 3 rings (SSSR count). The normalized spacial score (nSPS) is 16.6. The topological polar surface area (TPSA) is 24.1 Å². The van der Waals surface area contributed by atoms with Crippen LogP contribution < -0.4 is 10.6 Å². The third-order valence-corrected chi connectivity index (χ3v) is 5.09. The number of hydrogen-bond donors (Lipinski definition) is 2. The Kier molecular flexibility index (Phi) is 4.82. The second-order valence-corrected chi connectivity index (χ2v) is 6.98. The van der Waals surface area contributed by atoms with Crippen molar-refractivity contribution in [2.24, 2.45) is 0 Å². The van der Waals surface area contributed by atoms with Gasteiger partial charge in [0.15, 0.2) is 5.11 Å². The quantitative estimate of drug-likeness (QED) is 0.760. The van der Waals surface area contributed by atoms with Gasteiger partial charge in [0.25, 0.3) is 0 Å². The van der Waals surface area contributed by atoms with E-state index in [-0.39, 0.29) is 17.7 Å². The molecule has 0 unspecified atom stereocenters. The monoisotopic (exact) mass is 350 g/mol. The zero-order valence-corrected chi connectivity index (χ0v) is 14.2. The fourth-order valence-corrected chi connectivity index (χ4v) is 3.88. The Bertz CT molecular complexity index is 749. The van der Waals surface area contributed by atoms with Gasteiger partial charge in [-0.1, -0.05) is 6.07 Å². The van der Waals surface area contributed by atoms with E-state index in [1.54, 1.807) is 43.0 Å². The molecule has 0 saturated carbocycles. The Morgan fingerprint density at radius 1 is 1.22 bits per heavy atom. The highest BCUT2D eigenvalue weighted by atomic mass is 32.2. The first-order chi connectivity index (χ1) is 11.0. The molecule has 2 N–H and O–H groups in total. The molecule has 120 valence electrons. The first kappa shape index (κ1) is 16.2. The highest BCUT2D eigenvalue weighted by Crippen LogP contribution is 2.36. The Labute approximate surface area is 143 Å². The molecule has 1 heterocycles. The number of fused-ring (bicyclic) bond motifs is 1. The van der Waals surface area contributed by atoms with Crippen molar-refractivity contribution < 1.29 is 8.78 Å². The number of halogens is 2. The van der Waals surface area contributed by atoms with Crippen LogP contribution >= 0.6 is 24.0 Å². The summed E-state index contributed by atoms with van der Waals surface area (Å²) >= 11 is 7.03. The smallest absolute Gasteiger partial charge is 0.171 e. The molecule has 0 bridgehead atoms. The Morgan fingerprint density at radius 3 is 2.83 bits per heavy atom. The molecule has 2 aromatic carbocycles. The summed E-state index contributed by atoms with van der Waals surface area (Å²) in [5, 5.41) is 6.59. The average molecular weight is 350 g/mol. The van der Waals surface area contributed by atoms with Gasteiger partial charge in [-0.2, -0.15) is 0 Å². The summed E-state index contributed by atoms with van der Waals surface area (Å²) in [7, 11) is 0. The summed E-state index contributed by atoms with van der Waals surface area (Å²) in [5.74, 6) is 0.412. The summed E-state index contributed by atoms with van der Waals surface area (Å²) in [6.07, 6.45) is 0.852. The van der Waals surface area contributed by atoms with Crippen LogP contribution in [0.25, 0.3) is 0 Å². The van der Waals surface area contributed by atoms with Crippen LogP contribution in [-0.4, -0.2) is 10.9 Å². The van der Waals surface area contributed by atoms with Crippen molar-refractivity contribution in [1.82, 2.24) is 5.32 Å². The van der Waals surface area contributed by atoms with E-state index in [1.165, 1.54) is 12.1 Å². The third kappa shape index (κ3) is 3.82. The molecule has 2 nitrogen and oxygen atoms in total. The van der Waals surface area contributed by atoms with Gasteiger partial charge in [-0.15, -0.1) is 11.8 Å². The fraction of sp³-hybridized carbons (Fsp3) is 0.235. The van der Waals surface area contributed by atoms with Crippen molar-refractivity contribution in [2.75, 3.05) is 11.1 Å². The molecule has 1 aliphatic heterocycles. The van der Waals surface area contributed by atoms with Crippen LogP contribution in [0.15, 0.2) is 41.3 Å². The molecule has 0 aromatic heterocycles. The summed E-state index contributed by atoms with van der Waals surface area (Å²) in [5.41, 5.74) is 2.10. The molecule has 1 atom stereocenters. The third-order valence-electron chi connectivity index (χ3n) is 3.75. The molecular weight excluding hydrogens is 334 g/mol. The number of aryl methyl sites for hydroxylation is 1. The zero-order chi connectivity index (χ0) is 16.4. The number of nitrogens with one attached hydrogen (secondary N) is 2. The summed E-state index contributed by atoms with van der Waals surface area (Å²) in [4.78, 5) is 1.07. The summed E-state index contributed by atoms with van der Waals surface area (Å²) in [6, 6.07) is 9.66. The maximum absolute atomic E-state index is 13.6. The average Bonchev–Trinajstić information content (AvgIpc) is 2.51. The first-order valence-electron chi connectivity index (χ1n) is 7.29. The molecule has 23 heavy (non-hydrogen) atoms. The lowest BCUT2D eigenvalue weighted by molar-refractivity contribution is 0.587. The van der Waals surface area contributed by atoms with Crippen LogP contribution in [0.3, 0.4) is 0 Å². The van der Waals surface area contributed by atoms with Gasteiger partial charge in [0, 0.05) is 16.3 Å². The maximum Gasteiger partial charge on any atom is 0.171 e. The number of hydrogen-bond acceptors (Lipinski definition) is 2. The van der Waals surface area contributed by atoms with E-state index in [0.29, 0.717) is 16.4 Å². The molecule has 0 saturated heterocycles. The lowest BCUT2D eigenvalue weighted by Crippen LogP contribution is -2.34. The van der Waals surface area contributed by atoms with E-state index in [9.17, 15) is 8.78 Å². The highest BCUT2D eigenvalue weighted by molar-refractivity contribution is 7.99. The molecule has 0 spiro atoms. The predicted molar refractivity (Wildman–Crippen MR) is 95.0 cm³/mol. The minimum absolute atomic E-state index is 0.0442. The van der Waals surface area contributed by atoms with Gasteiger partial charge >= 0.3 is 0 Å².